The molecule has 1 unspecified atom stereocenters. The molecule has 1 atom stereocenters. The number of halogens is 2. The number of carbonyl (C=O) groups is 1. The molecule has 0 saturated carbocycles. The Bertz CT molecular complexity index is 558. The van der Waals surface area contributed by atoms with Crippen LogP contribution in [0.25, 0.3) is 0 Å². The van der Waals surface area contributed by atoms with E-state index in [0.29, 0.717) is 32.6 Å². The van der Waals surface area contributed by atoms with Gasteiger partial charge < -0.3 is 15.1 Å². The topological polar surface area (TPSA) is 35.6 Å². The fourth-order valence-corrected chi connectivity index (χ4v) is 3.96. The maximum Gasteiger partial charge on any atom is 0.224 e. The zero-order valence-corrected chi connectivity index (χ0v) is 13.7. The van der Waals surface area contributed by atoms with Gasteiger partial charge in [0, 0.05) is 62.8 Å². The predicted octanol–water partition coefficient (Wildman–Crippen LogP) is 1.71. The maximum atomic E-state index is 13.8. The quantitative estimate of drug-likeness (QED) is 0.908. The van der Waals surface area contributed by atoms with E-state index in [-0.39, 0.29) is 17.6 Å². The second-order valence-electron chi connectivity index (χ2n) is 5.89. The molecule has 2 aliphatic heterocycles. The van der Waals surface area contributed by atoms with Gasteiger partial charge in [0.2, 0.25) is 5.91 Å². The van der Waals surface area contributed by atoms with E-state index >= 15 is 0 Å². The molecule has 1 aromatic rings. The maximum absolute atomic E-state index is 13.8. The SMILES string of the molecule is O=C(CC1CSCCN1)N1CCN(c2cc(F)ccc2F)CC1. The van der Waals surface area contributed by atoms with Crippen molar-refractivity contribution in [1.29, 1.82) is 0 Å². The lowest BCUT2D eigenvalue weighted by atomic mass is 10.2. The molecule has 2 heterocycles. The molecule has 0 bridgehead atoms. The molecule has 0 radical (unpaired) electrons. The third-order valence-corrected chi connectivity index (χ3v) is 5.43. The third kappa shape index (κ3) is 4.14. The zero-order chi connectivity index (χ0) is 16.2. The van der Waals surface area contributed by atoms with Crippen molar-refractivity contribution in [1.82, 2.24) is 10.2 Å². The number of carbonyl (C=O) groups excluding carboxylic acids is 1. The van der Waals surface area contributed by atoms with Gasteiger partial charge in [0.1, 0.15) is 11.6 Å². The molecule has 0 aliphatic carbocycles. The van der Waals surface area contributed by atoms with Crippen LogP contribution in [0.2, 0.25) is 0 Å². The molecule has 4 nitrogen and oxygen atoms in total. The number of rotatable bonds is 3. The first-order chi connectivity index (χ1) is 11.1. The average Bonchev–Trinajstić information content (AvgIpc) is 2.58. The average molecular weight is 341 g/mol. The Morgan fingerprint density at radius 3 is 2.74 bits per heavy atom. The largest absolute Gasteiger partial charge is 0.366 e. The van der Waals surface area contributed by atoms with Crippen LogP contribution in [0.1, 0.15) is 6.42 Å². The van der Waals surface area contributed by atoms with E-state index < -0.39 is 11.6 Å². The van der Waals surface area contributed by atoms with Crippen LogP contribution < -0.4 is 10.2 Å². The van der Waals surface area contributed by atoms with E-state index in [1.54, 1.807) is 4.90 Å². The van der Waals surface area contributed by atoms with Gasteiger partial charge in [-0.15, -0.1) is 0 Å². The Balaban J connectivity index is 1.53. The molecule has 2 saturated heterocycles. The molecule has 3 rings (SSSR count). The number of nitrogens with one attached hydrogen (secondary N) is 1. The van der Waals surface area contributed by atoms with Gasteiger partial charge in [-0.3, -0.25) is 4.79 Å². The summed E-state index contributed by atoms with van der Waals surface area (Å²) in [6.45, 7) is 3.11. The van der Waals surface area contributed by atoms with Gasteiger partial charge in [0.25, 0.3) is 0 Å². The molecular formula is C16H21F2N3OS. The van der Waals surface area contributed by atoms with Gasteiger partial charge in [-0.05, 0) is 12.1 Å². The summed E-state index contributed by atoms with van der Waals surface area (Å²) in [6, 6.07) is 3.73. The minimum absolute atomic E-state index is 0.143. The standard InChI is InChI=1S/C16H21F2N3OS/c17-12-1-2-14(18)15(9-12)20-4-6-21(7-5-20)16(22)10-13-11-23-8-3-19-13/h1-2,9,13,19H,3-8,10-11H2. The number of piperazine rings is 1. The Morgan fingerprint density at radius 2 is 2.04 bits per heavy atom. The van der Waals surface area contributed by atoms with Gasteiger partial charge in [0.15, 0.2) is 0 Å². The number of hydrogen-bond acceptors (Lipinski definition) is 4. The molecule has 0 spiro atoms. The van der Waals surface area contributed by atoms with E-state index in [1.165, 1.54) is 6.07 Å². The van der Waals surface area contributed by atoms with Crippen LogP contribution in [0.3, 0.4) is 0 Å². The Labute approximate surface area is 139 Å². The van der Waals surface area contributed by atoms with Crippen molar-refractivity contribution >= 4 is 23.4 Å². The van der Waals surface area contributed by atoms with E-state index in [0.717, 1.165) is 30.2 Å². The molecule has 1 amide bonds. The van der Waals surface area contributed by atoms with Crippen LogP contribution in [0, 0.1) is 11.6 Å². The Hall–Kier alpha value is -1.34. The third-order valence-electron chi connectivity index (χ3n) is 4.30. The van der Waals surface area contributed by atoms with Gasteiger partial charge in [0.05, 0.1) is 5.69 Å². The van der Waals surface area contributed by atoms with Crippen molar-refractivity contribution in [2.24, 2.45) is 0 Å². The van der Waals surface area contributed by atoms with Crippen molar-refractivity contribution < 1.29 is 13.6 Å². The lowest BCUT2D eigenvalue weighted by molar-refractivity contribution is -0.131. The Kier molecular flexibility index (Phi) is 5.38. The molecule has 1 aromatic carbocycles. The molecule has 2 fully saturated rings. The number of benzene rings is 1. The highest BCUT2D eigenvalue weighted by Gasteiger charge is 2.25. The van der Waals surface area contributed by atoms with Crippen LogP contribution >= 0.6 is 11.8 Å². The highest BCUT2D eigenvalue weighted by Crippen LogP contribution is 2.22. The van der Waals surface area contributed by atoms with Crippen molar-refractivity contribution in [3.05, 3.63) is 29.8 Å². The highest BCUT2D eigenvalue weighted by molar-refractivity contribution is 7.99. The summed E-state index contributed by atoms with van der Waals surface area (Å²) < 4.78 is 27.1. The van der Waals surface area contributed by atoms with E-state index in [2.05, 4.69) is 5.32 Å². The molecule has 1 N–H and O–H groups in total. The highest BCUT2D eigenvalue weighted by atomic mass is 32.2. The lowest BCUT2D eigenvalue weighted by Crippen LogP contribution is -2.51. The van der Waals surface area contributed by atoms with Crippen molar-refractivity contribution in [2.75, 3.05) is 49.1 Å². The molecule has 2 aliphatic rings. The van der Waals surface area contributed by atoms with E-state index in [4.69, 9.17) is 0 Å². The van der Waals surface area contributed by atoms with E-state index in [9.17, 15) is 13.6 Å². The summed E-state index contributed by atoms with van der Waals surface area (Å²) in [5, 5.41) is 3.37. The molecular weight excluding hydrogens is 320 g/mol. The summed E-state index contributed by atoms with van der Waals surface area (Å²) in [5.74, 6) is 1.35. The van der Waals surface area contributed by atoms with E-state index in [1.807, 2.05) is 16.7 Å². The summed E-state index contributed by atoms with van der Waals surface area (Å²) in [7, 11) is 0. The van der Waals surface area contributed by atoms with Gasteiger partial charge >= 0.3 is 0 Å². The normalized spacial score (nSPS) is 22.3. The molecule has 0 aromatic heterocycles. The smallest absolute Gasteiger partial charge is 0.224 e. The van der Waals surface area contributed by atoms with Crippen LogP contribution in [0.4, 0.5) is 14.5 Å². The summed E-state index contributed by atoms with van der Waals surface area (Å²) in [5.41, 5.74) is 0.280. The van der Waals surface area contributed by atoms with Crippen molar-refractivity contribution in [2.45, 2.75) is 12.5 Å². The molecule has 23 heavy (non-hydrogen) atoms. The number of anilines is 1. The van der Waals surface area contributed by atoms with Crippen molar-refractivity contribution in [3.8, 4) is 0 Å². The summed E-state index contributed by atoms with van der Waals surface area (Å²) in [4.78, 5) is 16.0. The molecule has 126 valence electrons. The number of amides is 1. The number of thioether (sulfide) groups is 1. The molecule has 7 heteroatoms. The first-order valence-corrected chi connectivity index (χ1v) is 9.08. The second-order valence-corrected chi connectivity index (χ2v) is 7.04. The fourth-order valence-electron chi connectivity index (χ4n) is 3.02. The second kappa shape index (κ2) is 7.49. The predicted molar refractivity (Wildman–Crippen MR) is 88.9 cm³/mol. The minimum atomic E-state index is -0.444. The van der Waals surface area contributed by atoms with Crippen LogP contribution in [0.5, 0.6) is 0 Å². The summed E-state index contributed by atoms with van der Waals surface area (Å²) in [6.07, 6.45) is 0.515. The number of nitrogens with zero attached hydrogens (tertiary/aromatic N) is 2. The van der Waals surface area contributed by atoms with Crippen LogP contribution in [0.15, 0.2) is 18.2 Å². The fraction of sp³-hybridized carbons (Fsp3) is 0.562. The summed E-state index contributed by atoms with van der Waals surface area (Å²) >= 11 is 1.87. The lowest BCUT2D eigenvalue weighted by Gasteiger charge is -2.37. The monoisotopic (exact) mass is 341 g/mol. The van der Waals surface area contributed by atoms with Crippen LogP contribution in [-0.4, -0.2) is 61.1 Å². The van der Waals surface area contributed by atoms with Gasteiger partial charge in [-0.2, -0.15) is 11.8 Å². The Morgan fingerprint density at radius 1 is 1.26 bits per heavy atom. The first kappa shape index (κ1) is 16.5. The zero-order valence-electron chi connectivity index (χ0n) is 12.9. The van der Waals surface area contributed by atoms with Crippen LogP contribution in [-0.2, 0) is 4.79 Å². The first-order valence-electron chi connectivity index (χ1n) is 7.92. The minimum Gasteiger partial charge on any atom is -0.366 e. The van der Waals surface area contributed by atoms with Gasteiger partial charge in [-0.1, -0.05) is 0 Å². The number of hydrogen-bond donors (Lipinski definition) is 1. The van der Waals surface area contributed by atoms with Crippen molar-refractivity contribution in [3.63, 3.8) is 0 Å². The van der Waals surface area contributed by atoms with Gasteiger partial charge in [-0.25, -0.2) is 8.78 Å².